The molecule has 2 N–H and O–H groups in total. The Bertz CT molecular complexity index is 545. The highest BCUT2D eigenvalue weighted by molar-refractivity contribution is 5.41. The van der Waals surface area contributed by atoms with Gasteiger partial charge in [-0.25, -0.2) is 4.39 Å². The number of nitrogens with two attached hydrogens (primary N) is 1. The summed E-state index contributed by atoms with van der Waals surface area (Å²) >= 11 is 0. The average Bonchev–Trinajstić information content (AvgIpc) is 2.44. The molecule has 2 aromatic rings. The van der Waals surface area contributed by atoms with Gasteiger partial charge in [0.15, 0.2) is 0 Å². The molecule has 0 heterocycles. The molecule has 0 aromatic heterocycles. The van der Waals surface area contributed by atoms with Crippen molar-refractivity contribution in [1.82, 2.24) is 0 Å². The number of rotatable bonds is 5. The quantitative estimate of drug-likeness (QED) is 0.814. The van der Waals surface area contributed by atoms with Crippen LogP contribution >= 0.6 is 0 Å². The fourth-order valence-electron chi connectivity index (χ4n) is 2.05. The SMILES string of the molecule is CCC(C)c1ccc(OCc2cc(N)cc(F)c2)cc1. The number of benzene rings is 2. The molecule has 20 heavy (non-hydrogen) atoms. The minimum absolute atomic E-state index is 0.310. The first-order chi connectivity index (χ1) is 9.58. The first kappa shape index (κ1) is 14.4. The molecule has 0 radical (unpaired) electrons. The fraction of sp³-hybridized carbons (Fsp3) is 0.294. The summed E-state index contributed by atoms with van der Waals surface area (Å²) in [6.45, 7) is 4.68. The first-order valence-corrected chi connectivity index (χ1v) is 6.86. The topological polar surface area (TPSA) is 35.2 Å². The Morgan fingerprint density at radius 1 is 1.15 bits per heavy atom. The van der Waals surface area contributed by atoms with Crippen molar-refractivity contribution in [2.24, 2.45) is 0 Å². The molecule has 2 aromatic carbocycles. The van der Waals surface area contributed by atoms with Crippen LogP contribution in [-0.4, -0.2) is 0 Å². The molecular formula is C17H20FNO. The zero-order chi connectivity index (χ0) is 14.5. The highest BCUT2D eigenvalue weighted by Gasteiger charge is 2.04. The maximum Gasteiger partial charge on any atom is 0.125 e. The summed E-state index contributed by atoms with van der Waals surface area (Å²) in [5, 5.41) is 0. The van der Waals surface area contributed by atoms with Gasteiger partial charge in [-0.1, -0.05) is 26.0 Å². The molecule has 0 aliphatic carbocycles. The van der Waals surface area contributed by atoms with E-state index in [-0.39, 0.29) is 5.82 Å². The first-order valence-electron chi connectivity index (χ1n) is 6.86. The van der Waals surface area contributed by atoms with Crippen LogP contribution in [0.15, 0.2) is 42.5 Å². The van der Waals surface area contributed by atoms with Crippen molar-refractivity contribution >= 4 is 5.69 Å². The average molecular weight is 273 g/mol. The molecule has 1 atom stereocenters. The van der Waals surface area contributed by atoms with Gasteiger partial charge < -0.3 is 10.5 Å². The van der Waals surface area contributed by atoms with Gasteiger partial charge in [-0.05, 0) is 53.8 Å². The summed E-state index contributed by atoms with van der Waals surface area (Å²) in [6, 6.07) is 12.5. The van der Waals surface area contributed by atoms with Crippen molar-refractivity contribution in [1.29, 1.82) is 0 Å². The third kappa shape index (κ3) is 3.73. The predicted molar refractivity (Wildman–Crippen MR) is 80.3 cm³/mol. The Morgan fingerprint density at radius 2 is 1.85 bits per heavy atom. The largest absolute Gasteiger partial charge is 0.489 e. The zero-order valence-electron chi connectivity index (χ0n) is 11.9. The van der Waals surface area contributed by atoms with Gasteiger partial charge >= 0.3 is 0 Å². The van der Waals surface area contributed by atoms with Crippen LogP contribution in [0.3, 0.4) is 0 Å². The Labute approximate surface area is 119 Å². The van der Waals surface area contributed by atoms with Crippen LogP contribution in [0.25, 0.3) is 0 Å². The zero-order valence-corrected chi connectivity index (χ0v) is 11.9. The van der Waals surface area contributed by atoms with E-state index in [1.807, 2.05) is 12.1 Å². The molecule has 0 amide bonds. The molecule has 3 heteroatoms. The molecule has 0 saturated heterocycles. The summed E-state index contributed by atoms with van der Waals surface area (Å²) in [5.74, 6) is 0.989. The van der Waals surface area contributed by atoms with Crippen LogP contribution in [0.5, 0.6) is 5.75 Å². The minimum atomic E-state index is -0.337. The molecule has 0 aliphatic rings. The highest BCUT2D eigenvalue weighted by Crippen LogP contribution is 2.22. The lowest BCUT2D eigenvalue weighted by molar-refractivity contribution is 0.305. The molecule has 2 rings (SSSR count). The standard InChI is InChI=1S/C17H20FNO/c1-3-12(2)14-4-6-17(7-5-14)20-11-13-8-15(18)10-16(19)9-13/h4-10,12H,3,11,19H2,1-2H3. The van der Waals surface area contributed by atoms with E-state index in [1.165, 1.54) is 17.7 Å². The van der Waals surface area contributed by atoms with Crippen molar-refractivity contribution in [3.8, 4) is 5.75 Å². The summed E-state index contributed by atoms with van der Waals surface area (Å²) in [5.41, 5.74) is 8.04. The third-order valence-electron chi connectivity index (χ3n) is 3.45. The molecule has 2 nitrogen and oxygen atoms in total. The number of anilines is 1. The summed E-state index contributed by atoms with van der Waals surface area (Å²) in [7, 11) is 0. The molecule has 0 aliphatic heterocycles. The van der Waals surface area contributed by atoms with Crippen LogP contribution in [0, 0.1) is 5.82 Å². The van der Waals surface area contributed by atoms with E-state index >= 15 is 0 Å². The second-order valence-electron chi connectivity index (χ2n) is 5.06. The minimum Gasteiger partial charge on any atom is -0.489 e. The highest BCUT2D eigenvalue weighted by atomic mass is 19.1. The van der Waals surface area contributed by atoms with Crippen molar-refractivity contribution in [2.45, 2.75) is 32.8 Å². The Hall–Kier alpha value is -2.03. The lowest BCUT2D eigenvalue weighted by atomic mass is 9.99. The maximum absolute atomic E-state index is 13.2. The molecule has 0 bridgehead atoms. The van der Waals surface area contributed by atoms with Crippen LogP contribution in [0.2, 0.25) is 0 Å². The Morgan fingerprint density at radius 3 is 2.45 bits per heavy atom. The molecule has 0 saturated carbocycles. The van der Waals surface area contributed by atoms with E-state index in [2.05, 4.69) is 26.0 Å². The van der Waals surface area contributed by atoms with E-state index in [0.717, 1.165) is 17.7 Å². The van der Waals surface area contributed by atoms with Crippen LogP contribution in [0.4, 0.5) is 10.1 Å². The molecular weight excluding hydrogens is 253 g/mol. The van der Waals surface area contributed by atoms with Gasteiger partial charge in [-0.15, -0.1) is 0 Å². The van der Waals surface area contributed by atoms with Gasteiger partial charge in [0.25, 0.3) is 0 Å². The van der Waals surface area contributed by atoms with Gasteiger partial charge in [0.2, 0.25) is 0 Å². The van der Waals surface area contributed by atoms with Crippen molar-refractivity contribution in [3.63, 3.8) is 0 Å². The van der Waals surface area contributed by atoms with Gasteiger partial charge in [0, 0.05) is 5.69 Å². The van der Waals surface area contributed by atoms with Crippen molar-refractivity contribution in [3.05, 3.63) is 59.4 Å². The lowest BCUT2D eigenvalue weighted by Gasteiger charge is -2.11. The fourth-order valence-corrected chi connectivity index (χ4v) is 2.05. The third-order valence-corrected chi connectivity index (χ3v) is 3.45. The van der Waals surface area contributed by atoms with E-state index in [0.29, 0.717) is 18.2 Å². The lowest BCUT2D eigenvalue weighted by Crippen LogP contribution is -1.98. The maximum atomic E-state index is 13.2. The molecule has 0 spiro atoms. The Balaban J connectivity index is 2.00. The van der Waals surface area contributed by atoms with Crippen molar-refractivity contribution < 1.29 is 9.13 Å². The van der Waals surface area contributed by atoms with E-state index in [4.69, 9.17) is 10.5 Å². The van der Waals surface area contributed by atoms with Crippen molar-refractivity contribution in [2.75, 3.05) is 5.73 Å². The van der Waals surface area contributed by atoms with Gasteiger partial charge in [-0.3, -0.25) is 0 Å². The summed E-state index contributed by atoms with van der Waals surface area (Å²) in [6.07, 6.45) is 1.11. The van der Waals surface area contributed by atoms with Gasteiger partial charge in [0.05, 0.1) is 0 Å². The second-order valence-corrected chi connectivity index (χ2v) is 5.06. The smallest absolute Gasteiger partial charge is 0.125 e. The molecule has 0 fully saturated rings. The van der Waals surface area contributed by atoms with Gasteiger partial charge in [0.1, 0.15) is 18.2 Å². The number of hydrogen-bond acceptors (Lipinski definition) is 2. The monoisotopic (exact) mass is 273 g/mol. The predicted octanol–water partition coefficient (Wildman–Crippen LogP) is 4.50. The van der Waals surface area contributed by atoms with Crippen LogP contribution in [0.1, 0.15) is 37.3 Å². The number of nitrogen functional groups attached to an aromatic ring is 1. The number of hydrogen-bond donors (Lipinski definition) is 1. The summed E-state index contributed by atoms with van der Waals surface area (Å²) < 4.78 is 18.8. The summed E-state index contributed by atoms with van der Waals surface area (Å²) in [4.78, 5) is 0. The van der Waals surface area contributed by atoms with E-state index in [1.54, 1.807) is 6.07 Å². The number of ether oxygens (including phenoxy) is 1. The normalized spacial score (nSPS) is 12.2. The Kier molecular flexibility index (Phi) is 4.61. The number of halogens is 1. The molecule has 106 valence electrons. The van der Waals surface area contributed by atoms with E-state index in [9.17, 15) is 4.39 Å². The molecule has 1 unspecified atom stereocenters. The van der Waals surface area contributed by atoms with Gasteiger partial charge in [-0.2, -0.15) is 0 Å². The second kappa shape index (κ2) is 6.42. The van der Waals surface area contributed by atoms with Crippen LogP contribution in [-0.2, 0) is 6.61 Å². The van der Waals surface area contributed by atoms with Crippen LogP contribution < -0.4 is 10.5 Å². The van der Waals surface area contributed by atoms with E-state index < -0.39 is 0 Å².